The summed E-state index contributed by atoms with van der Waals surface area (Å²) in [7, 11) is 2.18. The van der Waals surface area contributed by atoms with Gasteiger partial charge in [0.25, 0.3) is 0 Å². The number of hydrogen-bond acceptors (Lipinski definition) is 1. The fraction of sp³-hybridized carbons (Fsp3) is 0.500. The summed E-state index contributed by atoms with van der Waals surface area (Å²) in [5.74, 6) is 0.931. The van der Waals surface area contributed by atoms with E-state index in [4.69, 9.17) is 0 Å². The fourth-order valence-electron chi connectivity index (χ4n) is 2.98. The molecule has 0 amide bonds. The molecule has 0 radical (unpaired) electrons. The zero-order chi connectivity index (χ0) is 12.5. The van der Waals surface area contributed by atoms with E-state index in [1.165, 1.54) is 48.0 Å². The van der Waals surface area contributed by atoms with Crippen LogP contribution < -0.4 is 5.32 Å². The van der Waals surface area contributed by atoms with Crippen molar-refractivity contribution >= 4 is 10.9 Å². The number of rotatable bonds is 4. The lowest BCUT2D eigenvalue weighted by Crippen LogP contribution is -2.27. The number of aryl methyl sites for hydroxylation is 2. The number of hydrogen-bond donors (Lipinski definition) is 1. The van der Waals surface area contributed by atoms with Crippen molar-refractivity contribution < 1.29 is 0 Å². The summed E-state index contributed by atoms with van der Waals surface area (Å²) >= 11 is 0. The third-order valence-corrected chi connectivity index (χ3v) is 4.46. The summed E-state index contributed by atoms with van der Waals surface area (Å²) < 4.78 is 2.33. The van der Waals surface area contributed by atoms with E-state index >= 15 is 0 Å². The van der Waals surface area contributed by atoms with Gasteiger partial charge in [-0.15, -0.1) is 0 Å². The third-order valence-electron chi connectivity index (χ3n) is 4.46. The third kappa shape index (κ3) is 1.95. The molecular formula is C16H22N2. The molecule has 0 spiro atoms. The van der Waals surface area contributed by atoms with Crippen LogP contribution in [0.4, 0.5) is 0 Å². The first-order valence-corrected chi connectivity index (χ1v) is 7.01. The minimum Gasteiger partial charge on any atom is -0.346 e. The van der Waals surface area contributed by atoms with Gasteiger partial charge in [-0.3, -0.25) is 0 Å². The zero-order valence-corrected chi connectivity index (χ0v) is 11.4. The Morgan fingerprint density at radius 2 is 2.06 bits per heavy atom. The van der Waals surface area contributed by atoms with Crippen LogP contribution in [0.1, 0.15) is 30.5 Å². The second-order valence-electron chi connectivity index (χ2n) is 5.58. The van der Waals surface area contributed by atoms with Gasteiger partial charge in [0, 0.05) is 30.2 Å². The van der Waals surface area contributed by atoms with Gasteiger partial charge in [-0.25, -0.2) is 0 Å². The van der Waals surface area contributed by atoms with Gasteiger partial charge in [0.05, 0.1) is 0 Å². The number of nitrogens with zero attached hydrogens (tertiary/aromatic N) is 1. The summed E-state index contributed by atoms with van der Waals surface area (Å²) in [5, 5.41) is 5.01. The first kappa shape index (κ1) is 11.8. The number of para-hydroxylation sites is 1. The lowest BCUT2D eigenvalue weighted by atomic mass is 9.85. The molecule has 1 aliphatic carbocycles. The van der Waals surface area contributed by atoms with E-state index < -0.39 is 0 Å². The Balaban J connectivity index is 1.78. The Bertz CT molecular complexity index is 510. The van der Waals surface area contributed by atoms with E-state index in [0.717, 1.165) is 12.5 Å². The lowest BCUT2D eigenvalue weighted by Gasteiger charge is -2.25. The average Bonchev–Trinajstić information content (AvgIpc) is 2.57. The maximum Gasteiger partial charge on any atom is 0.0483 e. The Labute approximate surface area is 109 Å². The van der Waals surface area contributed by atoms with Crippen LogP contribution in [0.2, 0.25) is 0 Å². The highest BCUT2D eigenvalue weighted by Gasteiger charge is 2.17. The highest BCUT2D eigenvalue weighted by molar-refractivity contribution is 5.85. The molecule has 0 bridgehead atoms. The summed E-state index contributed by atoms with van der Waals surface area (Å²) in [6.45, 7) is 4.41. The van der Waals surface area contributed by atoms with Crippen LogP contribution in [-0.2, 0) is 13.6 Å². The van der Waals surface area contributed by atoms with Crippen molar-refractivity contribution in [2.24, 2.45) is 13.0 Å². The smallest absolute Gasteiger partial charge is 0.0483 e. The SMILES string of the molecule is Cc1c(CNCC2CCC2)n(C)c2ccccc12. The van der Waals surface area contributed by atoms with E-state index in [1.54, 1.807) is 0 Å². The van der Waals surface area contributed by atoms with Gasteiger partial charge in [0.15, 0.2) is 0 Å². The van der Waals surface area contributed by atoms with Crippen LogP contribution in [0.3, 0.4) is 0 Å². The molecule has 1 aromatic heterocycles. The van der Waals surface area contributed by atoms with Crippen LogP contribution in [0.5, 0.6) is 0 Å². The van der Waals surface area contributed by atoms with Gasteiger partial charge in [-0.1, -0.05) is 24.6 Å². The normalized spacial score (nSPS) is 16.1. The minimum absolute atomic E-state index is 0.931. The van der Waals surface area contributed by atoms with Crippen molar-refractivity contribution in [3.05, 3.63) is 35.5 Å². The molecule has 1 N–H and O–H groups in total. The molecule has 0 saturated heterocycles. The first-order chi connectivity index (χ1) is 8.77. The molecule has 0 unspecified atom stereocenters. The molecule has 3 rings (SSSR count). The van der Waals surface area contributed by atoms with Crippen molar-refractivity contribution in [1.82, 2.24) is 9.88 Å². The van der Waals surface area contributed by atoms with Crippen LogP contribution in [-0.4, -0.2) is 11.1 Å². The first-order valence-electron chi connectivity index (χ1n) is 7.01. The predicted molar refractivity (Wildman–Crippen MR) is 76.7 cm³/mol. The number of fused-ring (bicyclic) bond motifs is 1. The van der Waals surface area contributed by atoms with E-state index in [9.17, 15) is 0 Å². The molecule has 96 valence electrons. The molecule has 2 aromatic rings. The maximum absolute atomic E-state index is 3.63. The lowest BCUT2D eigenvalue weighted by molar-refractivity contribution is 0.300. The quantitative estimate of drug-likeness (QED) is 0.869. The second kappa shape index (κ2) is 4.77. The van der Waals surface area contributed by atoms with Gasteiger partial charge < -0.3 is 9.88 Å². The molecule has 1 aromatic carbocycles. The number of benzene rings is 1. The molecule has 18 heavy (non-hydrogen) atoms. The molecule has 1 saturated carbocycles. The van der Waals surface area contributed by atoms with Crippen molar-refractivity contribution in [2.45, 2.75) is 32.7 Å². The maximum atomic E-state index is 3.63. The van der Waals surface area contributed by atoms with Crippen LogP contribution in [0.15, 0.2) is 24.3 Å². The fourth-order valence-corrected chi connectivity index (χ4v) is 2.98. The van der Waals surface area contributed by atoms with Gasteiger partial charge in [0.2, 0.25) is 0 Å². The van der Waals surface area contributed by atoms with Gasteiger partial charge in [0.1, 0.15) is 0 Å². The molecule has 1 heterocycles. The van der Waals surface area contributed by atoms with Crippen molar-refractivity contribution in [2.75, 3.05) is 6.54 Å². The van der Waals surface area contributed by atoms with Crippen molar-refractivity contribution in [3.8, 4) is 0 Å². The minimum atomic E-state index is 0.931. The van der Waals surface area contributed by atoms with E-state index in [0.29, 0.717) is 0 Å². The standard InChI is InChI=1S/C16H22N2/c1-12-14-8-3-4-9-15(14)18(2)16(12)11-17-10-13-6-5-7-13/h3-4,8-9,13,17H,5-7,10-11H2,1-2H3. The molecule has 2 heteroatoms. The molecule has 1 aliphatic rings. The van der Waals surface area contributed by atoms with Crippen LogP contribution in [0, 0.1) is 12.8 Å². The van der Waals surface area contributed by atoms with Gasteiger partial charge >= 0.3 is 0 Å². The topological polar surface area (TPSA) is 17.0 Å². The van der Waals surface area contributed by atoms with Crippen LogP contribution in [0.25, 0.3) is 10.9 Å². The molecular weight excluding hydrogens is 220 g/mol. The van der Waals surface area contributed by atoms with E-state index in [1.807, 2.05) is 0 Å². The highest BCUT2D eigenvalue weighted by atomic mass is 15.0. The molecule has 1 fully saturated rings. The summed E-state index contributed by atoms with van der Waals surface area (Å²) in [6.07, 6.45) is 4.27. The van der Waals surface area contributed by atoms with Gasteiger partial charge in [-0.05, 0) is 43.9 Å². The average molecular weight is 242 g/mol. The van der Waals surface area contributed by atoms with E-state index in [2.05, 4.69) is 48.1 Å². The Morgan fingerprint density at radius 3 is 2.72 bits per heavy atom. The van der Waals surface area contributed by atoms with E-state index in [-0.39, 0.29) is 0 Å². The highest BCUT2D eigenvalue weighted by Crippen LogP contribution is 2.26. The number of nitrogens with one attached hydrogen (secondary N) is 1. The van der Waals surface area contributed by atoms with Gasteiger partial charge in [-0.2, -0.15) is 0 Å². The largest absolute Gasteiger partial charge is 0.346 e. The Kier molecular flexibility index (Phi) is 3.13. The van der Waals surface area contributed by atoms with Crippen molar-refractivity contribution in [1.29, 1.82) is 0 Å². The Hall–Kier alpha value is -1.28. The van der Waals surface area contributed by atoms with Crippen molar-refractivity contribution in [3.63, 3.8) is 0 Å². The number of aromatic nitrogens is 1. The molecule has 0 aliphatic heterocycles. The summed E-state index contributed by atoms with van der Waals surface area (Å²) in [4.78, 5) is 0. The monoisotopic (exact) mass is 242 g/mol. The second-order valence-corrected chi connectivity index (χ2v) is 5.58. The Morgan fingerprint density at radius 1 is 1.28 bits per heavy atom. The van der Waals surface area contributed by atoms with Crippen LogP contribution >= 0.6 is 0 Å². The molecule has 2 nitrogen and oxygen atoms in total. The predicted octanol–water partition coefficient (Wildman–Crippen LogP) is 3.38. The molecule has 0 atom stereocenters. The zero-order valence-electron chi connectivity index (χ0n) is 11.4. The summed E-state index contributed by atoms with van der Waals surface area (Å²) in [5.41, 5.74) is 4.19. The summed E-state index contributed by atoms with van der Waals surface area (Å²) in [6, 6.07) is 8.67.